The van der Waals surface area contributed by atoms with E-state index in [0.29, 0.717) is 46.7 Å². The number of carbonyl (C=O) groups excluding carboxylic acids is 2. The van der Waals surface area contributed by atoms with E-state index in [9.17, 15) is 19.8 Å². The van der Waals surface area contributed by atoms with Crippen LogP contribution in [0.4, 0.5) is 0 Å². The number of fused-ring (bicyclic) bond motifs is 10. The number of amides is 2. The molecule has 4 aromatic rings. The second-order valence-electron chi connectivity index (χ2n) is 20.3. The van der Waals surface area contributed by atoms with Crippen molar-refractivity contribution in [2.75, 3.05) is 13.2 Å². The monoisotopic (exact) mass is 912 g/mol. The van der Waals surface area contributed by atoms with Crippen molar-refractivity contribution in [1.82, 2.24) is 10.9 Å². The molecule has 0 heterocycles. The molecule has 6 aliphatic carbocycles. The zero-order valence-corrected chi connectivity index (χ0v) is 39.9. The van der Waals surface area contributed by atoms with Crippen LogP contribution < -0.4 is 20.3 Å². The number of hydrazone groups is 2. The number of nitrogens with zero attached hydrogens (tertiary/aromatic N) is 2. The summed E-state index contributed by atoms with van der Waals surface area (Å²) in [6.45, 7) is 8.67. The number of benzene rings is 4. The van der Waals surface area contributed by atoms with E-state index in [1.54, 1.807) is 12.1 Å². The molecule has 0 saturated heterocycles. The first-order chi connectivity index (χ1) is 32.9. The molecular formula is C58H64N4O6. The molecule has 0 bridgehead atoms. The molecule has 2 saturated carbocycles. The number of hydrogen-bond acceptors (Lipinski definition) is 8. The highest BCUT2D eigenvalue weighted by Gasteiger charge is 2.52. The Hall–Kier alpha value is -6.42. The highest BCUT2D eigenvalue weighted by Crippen LogP contribution is 2.59. The maximum atomic E-state index is 13.0. The lowest BCUT2D eigenvalue weighted by Crippen LogP contribution is -2.39. The van der Waals surface area contributed by atoms with Crippen molar-refractivity contribution in [2.24, 2.45) is 44.7 Å². The molecule has 6 aliphatic rings. The van der Waals surface area contributed by atoms with Gasteiger partial charge in [0.1, 0.15) is 23.0 Å². The van der Waals surface area contributed by atoms with Gasteiger partial charge in [-0.05, 0) is 205 Å². The summed E-state index contributed by atoms with van der Waals surface area (Å²) in [6, 6.07) is 27.4. The number of aromatic hydroxyl groups is 2. The number of rotatable bonds is 12. The standard InChI is InChI=1S/C58H64N4O6/c1-5-43(35-7-15-41(16-8-35)67-33-55(65)61-59-53-25-23-51-49-19-11-37-31-39(63)13-21-45(37)47(49)27-29-57(51,53)3)44(6-2)36-9-17-42(18-10-36)68-34-56(66)62-60-54-26-24-52-50-20-12-38-32-40(64)14-22-46(38)48(50)28-30-58(52,54)4/h7-10,13-18,21-22,27-28,31-32,49-52,63-64H,5-6,11-12,19-20,23-26,29-30,33-34H2,1-4H3,(H,61,65)(H,62,66)/b44-43+,59-53+,60-54+. The van der Waals surface area contributed by atoms with Crippen molar-refractivity contribution in [2.45, 2.75) is 105 Å². The molecule has 352 valence electrons. The van der Waals surface area contributed by atoms with Gasteiger partial charge in [-0.15, -0.1) is 0 Å². The lowest BCUT2D eigenvalue weighted by molar-refractivity contribution is -0.123. The molecule has 10 heteroatoms. The van der Waals surface area contributed by atoms with Gasteiger partial charge < -0.3 is 19.7 Å². The van der Waals surface area contributed by atoms with Crippen molar-refractivity contribution in [3.8, 4) is 23.0 Å². The Bertz CT molecular complexity index is 2600. The minimum atomic E-state index is -0.278. The number of aryl methyl sites for hydroxylation is 2. The van der Waals surface area contributed by atoms with Crippen LogP contribution in [0.3, 0.4) is 0 Å². The Morgan fingerprint density at radius 1 is 0.588 bits per heavy atom. The first-order valence-electron chi connectivity index (χ1n) is 24.9. The van der Waals surface area contributed by atoms with Gasteiger partial charge in [0.25, 0.3) is 11.8 Å². The van der Waals surface area contributed by atoms with Crippen molar-refractivity contribution < 1.29 is 29.3 Å². The van der Waals surface area contributed by atoms with E-state index in [1.165, 1.54) is 44.5 Å². The predicted molar refractivity (Wildman–Crippen MR) is 269 cm³/mol. The van der Waals surface area contributed by atoms with Gasteiger partial charge in [0.05, 0.1) is 0 Å². The summed E-state index contributed by atoms with van der Waals surface area (Å²) in [7, 11) is 0. The average Bonchev–Trinajstić information content (AvgIpc) is 3.88. The van der Waals surface area contributed by atoms with Crippen molar-refractivity contribution >= 4 is 45.5 Å². The number of nitrogens with one attached hydrogen (secondary N) is 2. The third kappa shape index (κ3) is 8.45. The third-order valence-corrected chi connectivity index (χ3v) is 16.7. The van der Waals surface area contributed by atoms with E-state index in [1.807, 2.05) is 36.4 Å². The Balaban J connectivity index is 0.712. The molecule has 0 spiro atoms. The highest BCUT2D eigenvalue weighted by molar-refractivity contribution is 5.96. The maximum Gasteiger partial charge on any atom is 0.277 e. The molecule has 6 unspecified atom stereocenters. The second-order valence-corrected chi connectivity index (χ2v) is 20.3. The lowest BCUT2D eigenvalue weighted by Gasteiger charge is -2.44. The Kier molecular flexibility index (Phi) is 12.4. The first kappa shape index (κ1) is 45.4. The molecule has 2 fully saturated rings. The van der Waals surface area contributed by atoms with Crippen LogP contribution in [0.25, 0.3) is 22.3 Å². The average molecular weight is 913 g/mol. The van der Waals surface area contributed by atoms with Crippen LogP contribution in [0.15, 0.2) is 107 Å². The summed E-state index contributed by atoms with van der Waals surface area (Å²) >= 11 is 0. The van der Waals surface area contributed by atoms with Gasteiger partial charge in [-0.1, -0.05) is 76.2 Å². The fourth-order valence-electron chi connectivity index (χ4n) is 13.2. The summed E-state index contributed by atoms with van der Waals surface area (Å²) < 4.78 is 11.9. The van der Waals surface area contributed by atoms with Crippen molar-refractivity contribution in [3.05, 3.63) is 130 Å². The molecule has 68 heavy (non-hydrogen) atoms. The summed E-state index contributed by atoms with van der Waals surface area (Å²) in [4.78, 5) is 26.0. The third-order valence-electron chi connectivity index (χ3n) is 16.7. The first-order valence-corrected chi connectivity index (χ1v) is 24.9. The summed E-state index contributed by atoms with van der Waals surface area (Å²) in [6.07, 6.45) is 16.1. The number of hydrogen-bond donors (Lipinski definition) is 4. The molecule has 2 amide bonds. The highest BCUT2D eigenvalue weighted by atomic mass is 16.5. The Labute approximate surface area is 400 Å². The zero-order chi connectivity index (χ0) is 47.2. The molecule has 6 atom stereocenters. The Morgan fingerprint density at radius 3 is 1.40 bits per heavy atom. The van der Waals surface area contributed by atoms with Crippen LogP contribution in [-0.2, 0) is 22.4 Å². The fourth-order valence-corrected chi connectivity index (χ4v) is 13.2. The number of phenolic OH excluding ortho intramolecular Hbond substituents is 2. The van der Waals surface area contributed by atoms with Crippen molar-refractivity contribution in [1.29, 1.82) is 0 Å². The quantitative estimate of drug-likeness (QED) is 0.0824. The number of allylic oxidation sites excluding steroid dienone is 6. The van der Waals surface area contributed by atoms with Gasteiger partial charge in [-0.2, -0.15) is 10.2 Å². The smallest absolute Gasteiger partial charge is 0.277 e. The van der Waals surface area contributed by atoms with Crippen LogP contribution in [0.2, 0.25) is 0 Å². The van der Waals surface area contributed by atoms with E-state index < -0.39 is 0 Å². The van der Waals surface area contributed by atoms with Gasteiger partial charge >= 0.3 is 0 Å². The number of ether oxygens (including phenoxy) is 2. The molecule has 0 radical (unpaired) electrons. The van der Waals surface area contributed by atoms with Gasteiger partial charge in [-0.25, -0.2) is 10.9 Å². The minimum Gasteiger partial charge on any atom is -0.508 e. The number of carbonyl (C=O) groups is 2. The van der Waals surface area contributed by atoms with Crippen LogP contribution in [0.1, 0.15) is 125 Å². The molecule has 10 rings (SSSR count). The molecule has 4 aromatic carbocycles. The summed E-state index contributed by atoms with van der Waals surface area (Å²) in [5.74, 6) is 3.22. The van der Waals surface area contributed by atoms with E-state index >= 15 is 0 Å². The second kappa shape index (κ2) is 18.6. The molecule has 0 aromatic heterocycles. The SMILES string of the molecule is CC/C(=C(/CC)c1ccc(OCC(=O)N/N=C2\CCC3C4CCc5cc(O)ccc5C4=CCC23C)cc1)c1ccc(OCC(=O)N/N=C2\CCC3C4CCc5cc(O)ccc5C4=CCC23C)cc1. The summed E-state index contributed by atoms with van der Waals surface area (Å²) in [5.41, 5.74) is 20.1. The van der Waals surface area contributed by atoms with E-state index in [4.69, 9.17) is 19.7 Å². The van der Waals surface area contributed by atoms with E-state index in [2.05, 4.69) is 87.1 Å². The van der Waals surface area contributed by atoms with Gasteiger partial charge in [0.15, 0.2) is 13.2 Å². The van der Waals surface area contributed by atoms with Crippen LogP contribution in [0, 0.1) is 34.5 Å². The van der Waals surface area contributed by atoms with Gasteiger partial charge in [0, 0.05) is 22.3 Å². The topological polar surface area (TPSA) is 142 Å². The predicted octanol–water partition coefficient (Wildman–Crippen LogP) is 11.5. The fraction of sp³-hybridized carbons (Fsp3) is 0.414. The van der Waals surface area contributed by atoms with Crippen LogP contribution >= 0.6 is 0 Å². The number of phenols is 2. The summed E-state index contributed by atoms with van der Waals surface area (Å²) in [5, 5.41) is 29.4. The zero-order valence-electron chi connectivity index (χ0n) is 39.9. The van der Waals surface area contributed by atoms with Crippen molar-refractivity contribution in [3.63, 3.8) is 0 Å². The normalized spacial score (nSPS) is 27.0. The minimum absolute atomic E-state index is 0.0890. The van der Waals surface area contributed by atoms with E-state index in [-0.39, 0.29) is 35.9 Å². The van der Waals surface area contributed by atoms with Gasteiger partial charge in [0.2, 0.25) is 0 Å². The molecule has 4 N–H and O–H groups in total. The molecule has 10 nitrogen and oxygen atoms in total. The Morgan fingerprint density at radius 2 is 1.00 bits per heavy atom. The lowest BCUT2D eigenvalue weighted by atomic mass is 9.60. The molecule has 0 aliphatic heterocycles. The maximum absolute atomic E-state index is 13.0. The molecular weight excluding hydrogens is 849 g/mol. The van der Waals surface area contributed by atoms with Crippen LogP contribution in [0.5, 0.6) is 23.0 Å². The van der Waals surface area contributed by atoms with Gasteiger partial charge in [-0.3, -0.25) is 9.59 Å². The van der Waals surface area contributed by atoms with Crippen LogP contribution in [-0.4, -0.2) is 46.7 Å². The largest absolute Gasteiger partial charge is 0.508 e. The van der Waals surface area contributed by atoms with E-state index in [0.717, 1.165) is 99.6 Å².